The van der Waals surface area contributed by atoms with Gasteiger partial charge in [-0.25, -0.2) is 0 Å². The molecule has 1 aromatic carbocycles. The van der Waals surface area contributed by atoms with Crippen molar-refractivity contribution in [3.63, 3.8) is 0 Å². The molecule has 4 rings (SSSR count). The summed E-state index contributed by atoms with van der Waals surface area (Å²) in [6.45, 7) is 13.7. The van der Waals surface area contributed by atoms with Crippen molar-refractivity contribution < 1.29 is 29.0 Å². The molecule has 1 spiro atoms. The van der Waals surface area contributed by atoms with Crippen molar-refractivity contribution in [1.29, 1.82) is 0 Å². The number of amides is 2. The van der Waals surface area contributed by atoms with E-state index >= 15 is 0 Å². The number of benzene rings is 1. The highest BCUT2D eigenvalue weighted by Gasteiger charge is 2.79. The van der Waals surface area contributed by atoms with E-state index in [2.05, 4.69) is 13.2 Å². The molecule has 3 heterocycles. The lowest BCUT2D eigenvalue weighted by Crippen LogP contribution is -2.58. The smallest absolute Gasteiger partial charge is 0.313 e. The largest absolute Gasteiger partial charge is 0.461 e. The van der Waals surface area contributed by atoms with E-state index in [1.807, 2.05) is 51.1 Å². The van der Waals surface area contributed by atoms with Gasteiger partial charge in [0.25, 0.3) is 0 Å². The molecule has 1 N–H and O–H groups in total. The standard InChI is InChI=1S/C30H40N2O6/c1-6-15-31(18-21-11-9-8-10-12-21)27(35)25-30-14-13-29(5,38-30)24(28(36)37-16-7-2)23(30)26(34)32(25)22(19-33)17-20(3)4/h6-12,20,22-25,33H,1-2,13-19H2,3-5H3/t22-,23+,24+,25?,29-,30?/m1/s1. The first-order valence-corrected chi connectivity index (χ1v) is 13.5. The van der Waals surface area contributed by atoms with Gasteiger partial charge in [0, 0.05) is 13.1 Å². The van der Waals surface area contributed by atoms with E-state index in [-0.39, 0.29) is 37.5 Å². The number of aliphatic hydroxyl groups is 1. The van der Waals surface area contributed by atoms with Crippen molar-refractivity contribution in [1.82, 2.24) is 9.80 Å². The maximum absolute atomic E-state index is 14.5. The van der Waals surface area contributed by atoms with Gasteiger partial charge in [0.2, 0.25) is 11.8 Å². The van der Waals surface area contributed by atoms with Gasteiger partial charge in [-0.15, -0.1) is 6.58 Å². The Balaban J connectivity index is 1.79. The number of likely N-dealkylation sites (tertiary alicyclic amines) is 1. The van der Waals surface area contributed by atoms with Crippen LogP contribution in [0.4, 0.5) is 0 Å². The van der Waals surface area contributed by atoms with Crippen LogP contribution in [-0.4, -0.2) is 75.7 Å². The quantitative estimate of drug-likeness (QED) is 0.334. The number of hydrogen-bond acceptors (Lipinski definition) is 6. The molecule has 0 saturated carbocycles. The molecule has 1 aromatic rings. The molecule has 3 fully saturated rings. The zero-order valence-electron chi connectivity index (χ0n) is 22.7. The Kier molecular flexibility index (Phi) is 8.14. The fourth-order valence-corrected chi connectivity index (χ4v) is 6.81. The first-order chi connectivity index (χ1) is 18.1. The number of ether oxygens (including phenoxy) is 2. The zero-order valence-corrected chi connectivity index (χ0v) is 22.7. The van der Waals surface area contributed by atoms with Gasteiger partial charge in [0.15, 0.2) is 0 Å². The molecule has 3 saturated heterocycles. The Hall–Kier alpha value is -2.97. The number of rotatable bonds is 12. The monoisotopic (exact) mass is 524 g/mol. The third kappa shape index (κ3) is 4.69. The van der Waals surface area contributed by atoms with E-state index in [4.69, 9.17) is 9.47 Å². The lowest BCUT2D eigenvalue weighted by Gasteiger charge is -2.40. The molecule has 6 atom stereocenters. The summed E-state index contributed by atoms with van der Waals surface area (Å²) in [6, 6.07) is 8.08. The van der Waals surface area contributed by atoms with Crippen molar-refractivity contribution in [2.24, 2.45) is 17.8 Å². The second-order valence-electron chi connectivity index (χ2n) is 11.4. The second-order valence-corrected chi connectivity index (χ2v) is 11.4. The van der Waals surface area contributed by atoms with Gasteiger partial charge < -0.3 is 24.4 Å². The minimum absolute atomic E-state index is 0.0300. The van der Waals surface area contributed by atoms with Crippen LogP contribution in [0.1, 0.15) is 45.6 Å². The molecule has 0 aliphatic carbocycles. The minimum atomic E-state index is -1.18. The molecule has 2 unspecified atom stereocenters. The van der Waals surface area contributed by atoms with Gasteiger partial charge in [-0.3, -0.25) is 14.4 Å². The summed E-state index contributed by atoms with van der Waals surface area (Å²) in [5.41, 5.74) is -1.15. The number of carbonyl (C=O) groups excluding carboxylic acids is 3. The normalized spacial score (nSPS) is 30.3. The maximum atomic E-state index is 14.5. The second kappa shape index (κ2) is 11.0. The fraction of sp³-hybridized carbons (Fsp3) is 0.567. The summed E-state index contributed by atoms with van der Waals surface area (Å²) in [4.78, 5) is 45.2. The topological polar surface area (TPSA) is 96.4 Å². The molecule has 3 aliphatic heterocycles. The van der Waals surface area contributed by atoms with Gasteiger partial charge in [-0.05, 0) is 37.7 Å². The highest BCUT2D eigenvalue weighted by Crippen LogP contribution is 2.63. The summed E-state index contributed by atoms with van der Waals surface area (Å²) < 4.78 is 12.1. The lowest BCUT2D eigenvalue weighted by atomic mass is 9.66. The van der Waals surface area contributed by atoms with Crippen LogP contribution >= 0.6 is 0 Å². The third-order valence-corrected chi connectivity index (χ3v) is 8.27. The van der Waals surface area contributed by atoms with Crippen molar-refractivity contribution in [3.05, 3.63) is 61.2 Å². The summed E-state index contributed by atoms with van der Waals surface area (Å²) in [6.07, 6.45) is 4.65. The predicted molar refractivity (Wildman–Crippen MR) is 143 cm³/mol. The molecule has 8 nitrogen and oxygen atoms in total. The van der Waals surface area contributed by atoms with Gasteiger partial charge in [-0.1, -0.05) is 62.9 Å². The van der Waals surface area contributed by atoms with Crippen LogP contribution in [0.15, 0.2) is 55.6 Å². The van der Waals surface area contributed by atoms with E-state index in [0.29, 0.717) is 25.8 Å². The fourth-order valence-electron chi connectivity index (χ4n) is 6.81. The summed E-state index contributed by atoms with van der Waals surface area (Å²) >= 11 is 0. The minimum Gasteiger partial charge on any atom is -0.461 e. The van der Waals surface area contributed by atoms with Crippen LogP contribution in [0.3, 0.4) is 0 Å². The van der Waals surface area contributed by atoms with Gasteiger partial charge in [0.05, 0.1) is 24.2 Å². The average molecular weight is 525 g/mol. The van der Waals surface area contributed by atoms with E-state index in [9.17, 15) is 19.5 Å². The van der Waals surface area contributed by atoms with E-state index < -0.39 is 41.1 Å². The van der Waals surface area contributed by atoms with Crippen molar-refractivity contribution in [2.45, 2.75) is 69.9 Å². The summed E-state index contributed by atoms with van der Waals surface area (Å²) in [5, 5.41) is 10.4. The predicted octanol–water partition coefficient (Wildman–Crippen LogP) is 3.10. The number of fused-ring (bicyclic) bond motifs is 1. The van der Waals surface area contributed by atoms with Crippen molar-refractivity contribution >= 4 is 17.8 Å². The zero-order chi connectivity index (χ0) is 27.7. The van der Waals surface area contributed by atoms with Crippen LogP contribution in [0.25, 0.3) is 0 Å². The summed E-state index contributed by atoms with van der Waals surface area (Å²) in [5.74, 6) is -2.65. The van der Waals surface area contributed by atoms with E-state index in [0.717, 1.165) is 5.56 Å². The van der Waals surface area contributed by atoms with Crippen LogP contribution in [0.5, 0.6) is 0 Å². The Labute approximate surface area is 225 Å². The van der Waals surface area contributed by atoms with E-state index in [1.165, 1.54) is 11.0 Å². The van der Waals surface area contributed by atoms with E-state index in [1.54, 1.807) is 11.0 Å². The highest BCUT2D eigenvalue weighted by atomic mass is 16.6. The maximum Gasteiger partial charge on any atom is 0.313 e. The Morgan fingerprint density at radius 1 is 1.24 bits per heavy atom. The molecule has 2 bridgehead atoms. The molecular weight excluding hydrogens is 484 g/mol. The molecule has 206 valence electrons. The molecular formula is C30H40N2O6. The van der Waals surface area contributed by atoms with Crippen LogP contribution in [-0.2, 0) is 30.4 Å². The molecule has 8 heteroatoms. The highest BCUT2D eigenvalue weighted by molar-refractivity contribution is 5.98. The van der Waals surface area contributed by atoms with Gasteiger partial charge >= 0.3 is 5.97 Å². The Bertz CT molecular complexity index is 1070. The van der Waals surface area contributed by atoms with Gasteiger partial charge in [-0.2, -0.15) is 0 Å². The first-order valence-electron chi connectivity index (χ1n) is 13.5. The number of nitrogens with zero attached hydrogens (tertiary/aromatic N) is 2. The molecule has 3 aliphatic rings. The van der Waals surface area contributed by atoms with Crippen molar-refractivity contribution in [2.75, 3.05) is 19.8 Å². The number of carbonyl (C=O) groups is 3. The van der Waals surface area contributed by atoms with Crippen LogP contribution in [0, 0.1) is 17.8 Å². The SMILES string of the molecule is C=CCOC(=O)[C@@H]1[C@H]2C(=O)N([C@@H](CO)CC(C)C)C(C(=O)N(CC=C)Cc3ccccc3)C23CC[C@@]1(C)O3. The van der Waals surface area contributed by atoms with Crippen LogP contribution < -0.4 is 0 Å². The lowest BCUT2D eigenvalue weighted by molar-refractivity contribution is -0.161. The Morgan fingerprint density at radius 3 is 2.55 bits per heavy atom. The van der Waals surface area contributed by atoms with Gasteiger partial charge in [0.1, 0.15) is 24.2 Å². The Morgan fingerprint density at radius 2 is 1.95 bits per heavy atom. The van der Waals surface area contributed by atoms with Crippen molar-refractivity contribution in [3.8, 4) is 0 Å². The van der Waals surface area contributed by atoms with Crippen LogP contribution in [0.2, 0.25) is 0 Å². The average Bonchev–Trinajstić information content (AvgIpc) is 3.46. The molecule has 2 amide bonds. The third-order valence-electron chi connectivity index (χ3n) is 8.27. The summed E-state index contributed by atoms with van der Waals surface area (Å²) in [7, 11) is 0. The number of aliphatic hydroxyl groups excluding tert-OH is 1. The number of esters is 1. The first kappa shape index (κ1) is 28.0. The number of hydrogen-bond donors (Lipinski definition) is 1. The molecule has 38 heavy (non-hydrogen) atoms. The molecule has 0 radical (unpaired) electrons. The molecule has 0 aromatic heterocycles.